The number of benzene rings is 2. The zero-order valence-corrected chi connectivity index (χ0v) is 18.3. The number of rotatable bonds is 8. The number of hydrogen-bond donors (Lipinski definition) is 3. The van der Waals surface area contributed by atoms with Gasteiger partial charge in [-0.2, -0.15) is 0 Å². The maximum Gasteiger partial charge on any atom is 0.305 e. The van der Waals surface area contributed by atoms with Crippen LogP contribution in [-0.2, 0) is 4.79 Å². The van der Waals surface area contributed by atoms with Gasteiger partial charge in [0.1, 0.15) is 0 Å². The van der Waals surface area contributed by atoms with E-state index in [9.17, 15) is 15.0 Å². The minimum atomic E-state index is -1.12. The number of carboxylic acids is 1. The molecule has 0 bridgehead atoms. The number of aromatic nitrogens is 1. The molecule has 0 amide bonds. The predicted molar refractivity (Wildman–Crippen MR) is 124 cm³/mol. The number of fused-ring (bicyclic) bond motifs is 1. The molecule has 0 aliphatic carbocycles. The Kier molecular flexibility index (Phi) is 7.44. The van der Waals surface area contributed by atoms with Crippen LogP contribution in [0.1, 0.15) is 43.9 Å². The summed E-state index contributed by atoms with van der Waals surface area (Å²) in [4.78, 5) is 15.6. The lowest BCUT2D eigenvalue weighted by Crippen LogP contribution is -2.19. The lowest BCUT2D eigenvalue weighted by molar-refractivity contribution is -0.139. The van der Waals surface area contributed by atoms with Crippen molar-refractivity contribution in [1.82, 2.24) is 4.98 Å². The van der Waals surface area contributed by atoms with Crippen molar-refractivity contribution in [3.05, 3.63) is 70.9 Å². The van der Waals surface area contributed by atoms with Crippen molar-refractivity contribution in [3.63, 3.8) is 0 Å². The van der Waals surface area contributed by atoms with Crippen molar-refractivity contribution in [2.24, 2.45) is 0 Å². The molecule has 1 heterocycles. The molecular formula is C25H26ClNO4. The molecule has 31 heavy (non-hydrogen) atoms. The molecule has 0 saturated carbocycles. The van der Waals surface area contributed by atoms with E-state index in [0.29, 0.717) is 5.02 Å². The Morgan fingerprint density at radius 1 is 1.10 bits per heavy atom. The molecule has 0 fully saturated rings. The second-order valence-corrected chi connectivity index (χ2v) is 8.31. The molecule has 0 aliphatic heterocycles. The molecule has 2 atom stereocenters. The van der Waals surface area contributed by atoms with E-state index in [4.69, 9.17) is 21.7 Å². The molecule has 0 radical (unpaired) electrons. The highest BCUT2D eigenvalue weighted by molar-refractivity contribution is 6.30. The van der Waals surface area contributed by atoms with E-state index >= 15 is 0 Å². The van der Waals surface area contributed by atoms with Gasteiger partial charge in [-0.15, -0.1) is 0 Å². The molecule has 0 spiro atoms. The first-order valence-electron chi connectivity index (χ1n) is 10.2. The average Bonchev–Trinajstić information content (AvgIpc) is 2.71. The lowest BCUT2D eigenvalue weighted by atomic mass is 9.90. The van der Waals surface area contributed by atoms with Crippen LogP contribution in [0.4, 0.5) is 0 Å². The van der Waals surface area contributed by atoms with E-state index in [1.165, 1.54) is 0 Å². The summed E-state index contributed by atoms with van der Waals surface area (Å²) in [6.07, 6.45) is 0.831. The van der Waals surface area contributed by atoms with E-state index in [2.05, 4.69) is 13.8 Å². The molecule has 162 valence electrons. The zero-order chi connectivity index (χ0) is 22.5. The number of aliphatic hydroxyl groups excluding tert-OH is 2. The normalized spacial score (nSPS) is 13.7. The first kappa shape index (κ1) is 22.9. The van der Waals surface area contributed by atoms with E-state index in [0.717, 1.165) is 33.3 Å². The van der Waals surface area contributed by atoms with Gasteiger partial charge in [-0.3, -0.25) is 9.78 Å². The van der Waals surface area contributed by atoms with Crippen molar-refractivity contribution in [3.8, 4) is 11.1 Å². The summed E-state index contributed by atoms with van der Waals surface area (Å²) < 4.78 is 0. The van der Waals surface area contributed by atoms with Gasteiger partial charge in [0, 0.05) is 28.0 Å². The van der Waals surface area contributed by atoms with Crippen LogP contribution in [0.5, 0.6) is 0 Å². The van der Waals surface area contributed by atoms with Crippen LogP contribution in [-0.4, -0.2) is 38.5 Å². The van der Waals surface area contributed by atoms with Gasteiger partial charge in [-0.1, -0.05) is 67.9 Å². The monoisotopic (exact) mass is 439 g/mol. The Balaban J connectivity index is 2.12. The number of pyridine rings is 1. The van der Waals surface area contributed by atoms with Gasteiger partial charge in [0.25, 0.3) is 0 Å². The van der Waals surface area contributed by atoms with Crippen LogP contribution in [0.2, 0.25) is 5.02 Å². The first-order valence-corrected chi connectivity index (χ1v) is 10.6. The third-order valence-electron chi connectivity index (χ3n) is 5.05. The molecule has 6 heteroatoms. The third-order valence-corrected chi connectivity index (χ3v) is 5.30. The number of halogens is 1. The highest BCUT2D eigenvalue weighted by Crippen LogP contribution is 2.37. The smallest absolute Gasteiger partial charge is 0.305 e. The number of aliphatic carboxylic acids is 1. The fourth-order valence-electron chi connectivity index (χ4n) is 3.63. The van der Waals surface area contributed by atoms with E-state index < -0.39 is 24.6 Å². The molecule has 0 aliphatic rings. The molecule has 3 N–H and O–H groups in total. The third kappa shape index (κ3) is 5.70. The lowest BCUT2D eigenvalue weighted by Gasteiger charge is -2.18. The van der Waals surface area contributed by atoms with Gasteiger partial charge in [-0.25, -0.2) is 0 Å². The molecular weight excluding hydrogens is 414 g/mol. The summed E-state index contributed by atoms with van der Waals surface area (Å²) in [5.41, 5.74) is 4.61. The quantitative estimate of drug-likeness (QED) is 0.444. The van der Waals surface area contributed by atoms with Crippen LogP contribution < -0.4 is 0 Å². The van der Waals surface area contributed by atoms with Gasteiger partial charge >= 0.3 is 5.97 Å². The molecule has 0 saturated heterocycles. The number of hydrogen-bond acceptors (Lipinski definition) is 4. The fraction of sp³-hybridized carbons (Fsp3) is 0.280. The summed E-state index contributed by atoms with van der Waals surface area (Å²) in [6, 6.07) is 15.5. The molecule has 1 aromatic heterocycles. The second kappa shape index (κ2) is 10.1. The van der Waals surface area contributed by atoms with E-state index in [1.54, 1.807) is 6.08 Å². The Morgan fingerprint density at radius 2 is 1.77 bits per heavy atom. The molecule has 3 aromatic rings. The van der Waals surface area contributed by atoms with Crippen LogP contribution in [0.25, 0.3) is 28.1 Å². The largest absolute Gasteiger partial charge is 0.481 e. The highest BCUT2D eigenvalue weighted by atomic mass is 35.5. The van der Waals surface area contributed by atoms with Crippen LogP contribution >= 0.6 is 11.6 Å². The van der Waals surface area contributed by atoms with Crippen LogP contribution in [0.3, 0.4) is 0 Å². The summed E-state index contributed by atoms with van der Waals surface area (Å²) in [5.74, 6) is -0.973. The minimum absolute atomic E-state index is 0.0584. The molecule has 2 aromatic carbocycles. The van der Waals surface area contributed by atoms with Gasteiger partial charge in [0.15, 0.2) is 0 Å². The Bertz CT molecular complexity index is 1090. The second-order valence-electron chi connectivity index (χ2n) is 7.88. The number of para-hydroxylation sites is 1. The highest BCUT2D eigenvalue weighted by Gasteiger charge is 2.18. The van der Waals surface area contributed by atoms with Crippen molar-refractivity contribution in [2.75, 3.05) is 0 Å². The number of nitrogens with zero attached hydrogens (tertiary/aromatic N) is 1. The van der Waals surface area contributed by atoms with Crippen molar-refractivity contribution >= 4 is 34.5 Å². The standard InChI is InChI=1S/C25H26ClNO4/c1-15(2)25-21(12-11-18(28)13-19(29)14-23(30)31)24(16-7-9-17(26)10-8-16)20-5-3-4-6-22(20)27-25/h3-12,15,18-19,28-29H,13-14H2,1-2H3,(H,30,31)/b12-11+. The van der Waals surface area contributed by atoms with Crippen molar-refractivity contribution in [1.29, 1.82) is 0 Å². The SMILES string of the molecule is CC(C)c1nc2ccccc2c(-c2ccc(Cl)cc2)c1/C=C/C(O)CC(O)CC(=O)O. The van der Waals surface area contributed by atoms with Gasteiger partial charge in [0.05, 0.1) is 29.8 Å². The predicted octanol–water partition coefficient (Wildman–Crippen LogP) is 5.28. The Morgan fingerprint density at radius 3 is 2.42 bits per heavy atom. The maximum atomic E-state index is 10.8. The fourth-order valence-corrected chi connectivity index (χ4v) is 3.76. The average molecular weight is 440 g/mol. The van der Waals surface area contributed by atoms with Gasteiger partial charge < -0.3 is 15.3 Å². The van der Waals surface area contributed by atoms with Crippen LogP contribution in [0, 0.1) is 0 Å². The topological polar surface area (TPSA) is 90.7 Å². The molecule has 3 rings (SSSR count). The Labute approximate surface area is 186 Å². The molecule has 2 unspecified atom stereocenters. The first-order chi connectivity index (χ1) is 14.8. The van der Waals surface area contributed by atoms with Gasteiger partial charge in [-0.05, 0) is 29.7 Å². The zero-order valence-electron chi connectivity index (χ0n) is 17.5. The van der Waals surface area contributed by atoms with Crippen molar-refractivity contribution in [2.45, 2.75) is 44.8 Å². The Hall–Kier alpha value is -2.73. The minimum Gasteiger partial charge on any atom is -0.481 e. The summed E-state index contributed by atoms with van der Waals surface area (Å²) in [5, 5.41) is 30.6. The van der Waals surface area contributed by atoms with Crippen LogP contribution in [0.15, 0.2) is 54.6 Å². The van der Waals surface area contributed by atoms with E-state index in [-0.39, 0.29) is 12.3 Å². The summed E-state index contributed by atoms with van der Waals surface area (Å²) in [7, 11) is 0. The van der Waals surface area contributed by atoms with Gasteiger partial charge in [0.2, 0.25) is 0 Å². The summed E-state index contributed by atoms with van der Waals surface area (Å²) in [6.45, 7) is 4.13. The van der Waals surface area contributed by atoms with E-state index in [1.807, 2.05) is 54.6 Å². The molecule has 5 nitrogen and oxygen atoms in total. The summed E-state index contributed by atoms with van der Waals surface area (Å²) >= 11 is 6.10. The number of carbonyl (C=O) groups is 1. The number of aliphatic hydroxyl groups is 2. The van der Waals surface area contributed by atoms with Crippen molar-refractivity contribution < 1.29 is 20.1 Å². The number of carboxylic acid groups (broad SMARTS) is 1. The maximum absolute atomic E-state index is 10.8.